The fraction of sp³-hybridized carbons (Fsp3) is 1.00. The first-order valence-corrected chi connectivity index (χ1v) is 8.96. The summed E-state index contributed by atoms with van der Waals surface area (Å²) in [5, 5.41) is 5.39. The summed E-state index contributed by atoms with van der Waals surface area (Å²) in [5.74, 6) is 6.66. The zero-order valence-electron chi connectivity index (χ0n) is 14.6. The summed E-state index contributed by atoms with van der Waals surface area (Å²) in [5.41, 5.74) is 0. The van der Waals surface area contributed by atoms with E-state index in [9.17, 15) is 0 Å². The van der Waals surface area contributed by atoms with E-state index in [2.05, 4.69) is 22.2 Å². The molecule has 6 heteroatoms. The lowest BCUT2D eigenvalue weighted by Crippen LogP contribution is -2.59. The van der Waals surface area contributed by atoms with Crippen molar-refractivity contribution in [2.75, 3.05) is 66.1 Å². The number of ether oxygens (including phenoxy) is 1. The lowest BCUT2D eigenvalue weighted by atomic mass is 10.1. The third kappa shape index (κ3) is 4.88. The number of hydrogen-bond acceptors (Lipinski definition) is 6. The number of fused-ring (bicyclic) bond motifs is 2. The van der Waals surface area contributed by atoms with Crippen LogP contribution in [-0.4, -0.2) is 93.0 Å². The first-order valence-electron chi connectivity index (χ1n) is 8.96. The Morgan fingerprint density at radius 1 is 1.09 bits per heavy atom. The minimum absolute atomic E-state index is 0.544. The maximum absolute atomic E-state index is 5.69. The minimum Gasteiger partial charge on any atom is -0.378 e. The van der Waals surface area contributed by atoms with Crippen LogP contribution in [0.1, 0.15) is 20.3 Å². The Morgan fingerprint density at radius 2 is 1.91 bits per heavy atom. The number of nitrogens with two attached hydrogens (primary N) is 1. The number of nitrogens with one attached hydrogen (secondary N) is 1. The normalized spacial score (nSPS) is 35.7. The molecule has 130 valence electrons. The Kier molecular flexibility index (Phi) is 7.53. The van der Waals surface area contributed by atoms with Crippen LogP contribution in [-0.2, 0) is 4.74 Å². The largest absolute Gasteiger partial charge is 0.378 e. The van der Waals surface area contributed by atoms with Gasteiger partial charge in [-0.25, -0.2) is 5.01 Å². The summed E-state index contributed by atoms with van der Waals surface area (Å²) in [6.07, 6.45) is 1.40. The van der Waals surface area contributed by atoms with E-state index in [-0.39, 0.29) is 0 Å². The topological polar surface area (TPSA) is 57.0 Å². The van der Waals surface area contributed by atoms with Gasteiger partial charge in [-0.05, 0) is 25.9 Å². The third-order valence-electron chi connectivity index (χ3n) is 5.01. The minimum atomic E-state index is 0.544. The highest BCUT2D eigenvalue weighted by atomic mass is 16.5. The Balaban J connectivity index is 0.000000146. The number of likely N-dealkylation sites (tertiary alicyclic amines) is 1. The maximum Gasteiger partial charge on any atom is 0.0635 e. The SMILES string of the molecule is CC.CN1CC2CCNC2C1.NN1CCN2CCOCC2C1. The molecule has 0 aromatic carbocycles. The second-order valence-electron chi connectivity index (χ2n) is 6.59. The number of hydrazine groups is 1. The summed E-state index contributed by atoms with van der Waals surface area (Å²) in [6, 6.07) is 1.37. The molecule has 0 amide bonds. The second kappa shape index (κ2) is 9.15. The van der Waals surface area contributed by atoms with Crippen molar-refractivity contribution in [1.29, 1.82) is 0 Å². The van der Waals surface area contributed by atoms with E-state index in [1.165, 1.54) is 26.1 Å². The molecule has 4 aliphatic heterocycles. The van der Waals surface area contributed by atoms with Gasteiger partial charge in [0, 0.05) is 51.4 Å². The van der Waals surface area contributed by atoms with E-state index in [4.69, 9.17) is 10.6 Å². The van der Waals surface area contributed by atoms with Gasteiger partial charge in [-0.2, -0.15) is 0 Å². The van der Waals surface area contributed by atoms with E-state index in [0.717, 1.165) is 51.4 Å². The summed E-state index contributed by atoms with van der Waals surface area (Å²) in [4.78, 5) is 4.88. The van der Waals surface area contributed by atoms with Crippen molar-refractivity contribution >= 4 is 0 Å². The van der Waals surface area contributed by atoms with Gasteiger partial charge < -0.3 is 15.0 Å². The molecule has 0 spiro atoms. The number of likely N-dealkylation sites (N-methyl/N-ethyl adjacent to an activating group) is 1. The van der Waals surface area contributed by atoms with Gasteiger partial charge in [0.25, 0.3) is 0 Å². The lowest BCUT2D eigenvalue weighted by Gasteiger charge is -2.42. The predicted molar refractivity (Wildman–Crippen MR) is 90.7 cm³/mol. The van der Waals surface area contributed by atoms with Gasteiger partial charge >= 0.3 is 0 Å². The van der Waals surface area contributed by atoms with E-state index in [1.807, 2.05) is 18.9 Å². The van der Waals surface area contributed by atoms with Crippen molar-refractivity contribution < 1.29 is 4.74 Å². The van der Waals surface area contributed by atoms with Gasteiger partial charge in [0.1, 0.15) is 0 Å². The molecule has 4 fully saturated rings. The third-order valence-corrected chi connectivity index (χ3v) is 5.01. The standard InChI is InChI=1S/C7H15N3O.C7H14N2.C2H6/c8-10-2-1-9-3-4-11-6-7(9)5-10;1-9-4-6-2-3-8-7(6)5-9;1-2/h7H,1-6,8H2;6-8H,2-5H2,1H3;1-2H3. The average Bonchev–Trinajstić information content (AvgIpc) is 3.10. The van der Waals surface area contributed by atoms with E-state index in [0.29, 0.717) is 6.04 Å². The molecule has 4 saturated heterocycles. The van der Waals surface area contributed by atoms with Crippen molar-refractivity contribution in [3.63, 3.8) is 0 Å². The van der Waals surface area contributed by atoms with E-state index >= 15 is 0 Å². The highest BCUT2D eigenvalue weighted by Crippen LogP contribution is 2.22. The number of hydrogen-bond donors (Lipinski definition) is 2. The van der Waals surface area contributed by atoms with Crippen LogP contribution in [0.3, 0.4) is 0 Å². The number of morpholine rings is 1. The van der Waals surface area contributed by atoms with Crippen molar-refractivity contribution in [1.82, 2.24) is 20.1 Å². The van der Waals surface area contributed by atoms with Crippen LogP contribution in [0, 0.1) is 5.92 Å². The average molecular weight is 313 g/mol. The molecule has 0 aromatic heterocycles. The van der Waals surface area contributed by atoms with Crippen molar-refractivity contribution in [2.24, 2.45) is 11.8 Å². The molecule has 0 saturated carbocycles. The highest BCUT2D eigenvalue weighted by molar-refractivity contribution is 4.92. The Morgan fingerprint density at radius 3 is 2.68 bits per heavy atom. The molecule has 4 rings (SSSR count). The molecule has 0 aromatic rings. The summed E-state index contributed by atoms with van der Waals surface area (Å²) >= 11 is 0. The lowest BCUT2D eigenvalue weighted by molar-refractivity contribution is -0.0448. The molecule has 0 radical (unpaired) electrons. The van der Waals surface area contributed by atoms with Gasteiger partial charge in [-0.1, -0.05) is 13.8 Å². The highest BCUT2D eigenvalue weighted by Gasteiger charge is 2.33. The monoisotopic (exact) mass is 313 g/mol. The molecule has 22 heavy (non-hydrogen) atoms. The molecule has 0 aliphatic carbocycles. The summed E-state index contributed by atoms with van der Waals surface area (Å²) in [7, 11) is 2.21. The molecule has 4 heterocycles. The van der Waals surface area contributed by atoms with Crippen molar-refractivity contribution in [3.8, 4) is 0 Å². The molecular weight excluding hydrogens is 278 g/mol. The molecule has 3 atom stereocenters. The van der Waals surface area contributed by atoms with Gasteiger partial charge in [0.05, 0.1) is 13.2 Å². The molecule has 3 N–H and O–H groups in total. The van der Waals surface area contributed by atoms with Crippen molar-refractivity contribution in [2.45, 2.75) is 32.4 Å². The number of nitrogens with zero attached hydrogens (tertiary/aromatic N) is 3. The molecule has 4 aliphatic rings. The fourth-order valence-electron chi connectivity index (χ4n) is 3.84. The van der Waals surface area contributed by atoms with Gasteiger partial charge in [-0.15, -0.1) is 0 Å². The Labute approximate surface area is 135 Å². The van der Waals surface area contributed by atoms with Crippen LogP contribution in [0.2, 0.25) is 0 Å². The Hall–Kier alpha value is -0.240. The van der Waals surface area contributed by atoms with Crippen LogP contribution in [0.5, 0.6) is 0 Å². The smallest absolute Gasteiger partial charge is 0.0635 e. The summed E-state index contributed by atoms with van der Waals surface area (Å²) in [6.45, 7) is 13.7. The van der Waals surface area contributed by atoms with Crippen molar-refractivity contribution in [3.05, 3.63) is 0 Å². The van der Waals surface area contributed by atoms with Crippen LogP contribution in [0.15, 0.2) is 0 Å². The van der Waals surface area contributed by atoms with Gasteiger partial charge in [-0.3, -0.25) is 10.7 Å². The Bertz CT molecular complexity index is 305. The predicted octanol–water partition coefficient (Wildman–Crippen LogP) is -0.187. The zero-order chi connectivity index (χ0) is 15.9. The van der Waals surface area contributed by atoms with Crippen LogP contribution in [0.25, 0.3) is 0 Å². The van der Waals surface area contributed by atoms with Crippen LogP contribution >= 0.6 is 0 Å². The van der Waals surface area contributed by atoms with E-state index < -0.39 is 0 Å². The molecule has 6 nitrogen and oxygen atoms in total. The van der Waals surface area contributed by atoms with Crippen LogP contribution < -0.4 is 11.2 Å². The molecule has 3 unspecified atom stereocenters. The van der Waals surface area contributed by atoms with Crippen LogP contribution in [0.4, 0.5) is 0 Å². The number of rotatable bonds is 0. The molecule has 0 bridgehead atoms. The van der Waals surface area contributed by atoms with Gasteiger partial charge in [0.15, 0.2) is 0 Å². The first kappa shape index (κ1) is 18.1. The molecular formula is C16H35N5O. The second-order valence-corrected chi connectivity index (χ2v) is 6.59. The van der Waals surface area contributed by atoms with E-state index in [1.54, 1.807) is 0 Å². The fourth-order valence-corrected chi connectivity index (χ4v) is 3.84. The number of piperazine rings is 1. The summed E-state index contributed by atoms with van der Waals surface area (Å²) < 4.78 is 5.36. The maximum atomic E-state index is 5.69. The first-order chi connectivity index (χ1) is 10.7. The quantitative estimate of drug-likeness (QED) is 0.605. The zero-order valence-corrected chi connectivity index (χ0v) is 14.6. The van der Waals surface area contributed by atoms with Gasteiger partial charge in [0.2, 0.25) is 0 Å².